The van der Waals surface area contributed by atoms with Crippen molar-refractivity contribution in [2.24, 2.45) is 16.8 Å². The van der Waals surface area contributed by atoms with Gasteiger partial charge in [0.05, 0.1) is 0 Å². The average molecular weight is 319 g/mol. The molecule has 0 amide bonds. The number of rotatable bonds is 4. The summed E-state index contributed by atoms with van der Waals surface area (Å²) in [5, 5.41) is 3.33. The molecule has 0 saturated heterocycles. The Bertz CT molecular complexity index is 506. The predicted octanol–water partition coefficient (Wildman–Crippen LogP) is 3.09. The van der Waals surface area contributed by atoms with Crippen molar-refractivity contribution in [1.82, 2.24) is 0 Å². The second kappa shape index (κ2) is 7.93. The molecule has 0 unspecified atom stereocenters. The molecule has 1 saturated carbocycles. The number of carbonyl (C=O) groups is 1. The monoisotopic (exact) mass is 318 g/mol. The lowest BCUT2D eigenvalue weighted by Gasteiger charge is -2.41. The van der Waals surface area contributed by atoms with E-state index in [9.17, 15) is 13.6 Å². The van der Waals surface area contributed by atoms with Crippen LogP contribution in [0.1, 0.15) is 25.3 Å². The minimum absolute atomic E-state index is 0.0757. The lowest BCUT2D eigenvalue weighted by atomic mass is 9.68. The van der Waals surface area contributed by atoms with Gasteiger partial charge < -0.3 is 10.6 Å². The highest BCUT2D eigenvalue weighted by Gasteiger charge is 2.48. The topological polar surface area (TPSA) is 64.7 Å². The Hall–Kier alpha value is -1.69. The summed E-state index contributed by atoms with van der Waals surface area (Å²) in [6.07, 6.45) is 0.210. The van der Waals surface area contributed by atoms with Gasteiger partial charge in [-0.05, 0) is 30.5 Å². The first-order chi connectivity index (χ1) is 9.96. The highest BCUT2D eigenvalue weighted by atomic mass is 35.5. The van der Waals surface area contributed by atoms with Crippen LogP contribution < -0.4 is 5.73 Å². The Balaban J connectivity index is 0.000000677. The standard InChI is InChI=1S/C12H12F2N2O2.C2H5Cl/c13-10-3-1-2-9(4-10)12(14)5-8(6-12)11(15)16-18-7-17;1-2-3/h1-4,7-8H,5-6H2,(H2,15,16);2H2,1H3. The second-order valence-electron chi connectivity index (χ2n) is 4.57. The zero-order valence-electron chi connectivity index (χ0n) is 11.6. The van der Waals surface area contributed by atoms with E-state index >= 15 is 0 Å². The molecular formula is C14H17ClF2N2O2. The first-order valence-corrected chi connectivity index (χ1v) is 6.94. The number of carbonyl (C=O) groups excluding carboxylic acids is 1. The molecule has 1 aromatic carbocycles. The molecule has 0 aliphatic heterocycles. The van der Waals surface area contributed by atoms with Crippen LogP contribution in [0.2, 0.25) is 0 Å². The first-order valence-electron chi connectivity index (χ1n) is 6.40. The average Bonchev–Trinajstić information content (AvgIpc) is 2.42. The van der Waals surface area contributed by atoms with Crippen LogP contribution in [0.5, 0.6) is 0 Å². The molecule has 0 heterocycles. The summed E-state index contributed by atoms with van der Waals surface area (Å²) in [7, 11) is 0. The van der Waals surface area contributed by atoms with Crippen LogP contribution in [0.25, 0.3) is 0 Å². The van der Waals surface area contributed by atoms with Crippen LogP contribution in [0, 0.1) is 11.7 Å². The summed E-state index contributed by atoms with van der Waals surface area (Å²) in [5.74, 6) is 0.0314. The fraction of sp³-hybridized carbons (Fsp3) is 0.429. The van der Waals surface area contributed by atoms with Crippen molar-refractivity contribution in [3.8, 4) is 0 Å². The van der Waals surface area contributed by atoms with Crippen molar-refractivity contribution in [2.75, 3.05) is 5.88 Å². The van der Waals surface area contributed by atoms with E-state index in [-0.39, 0.29) is 31.1 Å². The minimum Gasteiger partial charge on any atom is -0.384 e. The van der Waals surface area contributed by atoms with E-state index in [1.807, 2.05) is 6.92 Å². The Morgan fingerprint density at radius 1 is 1.62 bits per heavy atom. The lowest BCUT2D eigenvalue weighted by molar-refractivity contribution is -0.128. The van der Waals surface area contributed by atoms with Gasteiger partial charge in [0.25, 0.3) is 0 Å². The van der Waals surface area contributed by atoms with Gasteiger partial charge in [0.15, 0.2) is 0 Å². The Morgan fingerprint density at radius 3 is 2.76 bits per heavy atom. The number of halogens is 3. The Morgan fingerprint density at radius 2 is 2.24 bits per heavy atom. The molecule has 0 bridgehead atoms. The quantitative estimate of drug-likeness (QED) is 0.232. The molecule has 1 aliphatic carbocycles. The molecule has 1 aromatic rings. The van der Waals surface area contributed by atoms with Crippen LogP contribution in [0.15, 0.2) is 29.4 Å². The summed E-state index contributed by atoms with van der Waals surface area (Å²) in [6, 6.07) is 5.43. The minimum atomic E-state index is -1.59. The number of oxime groups is 1. The Kier molecular flexibility index (Phi) is 6.55. The van der Waals surface area contributed by atoms with Crippen molar-refractivity contribution in [3.63, 3.8) is 0 Å². The third-order valence-electron chi connectivity index (χ3n) is 3.10. The normalized spacial score (nSPS) is 24.4. The fourth-order valence-corrected chi connectivity index (χ4v) is 2.09. The van der Waals surface area contributed by atoms with Gasteiger partial charge in [0.1, 0.15) is 17.3 Å². The van der Waals surface area contributed by atoms with E-state index < -0.39 is 11.5 Å². The zero-order valence-corrected chi connectivity index (χ0v) is 12.3. The van der Waals surface area contributed by atoms with E-state index in [2.05, 4.69) is 9.99 Å². The molecule has 2 N–H and O–H groups in total. The van der Waals surface area contributed by atoms with Crippen LogP contribution >= 0.6 is 11.6 Å². The number of amidine groups is 1. The molecule has 4 nitrogen and oxygen atoms in total. The number of hydrogen-bond acceptors (Lipinski definition) is 3. The number of benzene rings is 1. The molecule has 21 heavy (non-hydrogen) atoms. The van der Waals surface area contributed by atoms with Crippen LogP contribution in [0.4, 0.5) is 8.78 Å². The summed E-state index contributed by atoms with van der Waals surface area (Å²) in [6.45, 7) is 2.03. The molecule has 7 heteroatoms. The number of hydrogen-bond donors (Lipinski definition) is 1. The van der Waals surface area contributed by atoms with E-state index in [1.54, 1.807) is 0 Å². The van der Waals surface area contributed by atoms with Gasteiger partial charge in [-0.2, -0.15) is 0 Å². The van der Waals surface area contributed by atoms with Gasteiger partial charge in [0, 0.05) is 11.8 Å². The molecule has 2 rings (SSSR count). The Labute approximate surface area is 126 Å². The summed E-state index contributed by atoms with van der Waals surface area (Å²) >= 11 is 5.00. The number of alkyl halides is 2. The number of nitrogens with zero attached hydrogens (tertiary/aromatic N) is 1. The summed E-state index contributed by atoms with van der Waals surface area (Å²) < 4.78 is 27.4. The van der Waals surface area contributed by atoms with Gasteiger partial charge in [-0.3, -0.25) is 4.79 Å². The fourth-order valence-electron chi connectivity index (χ4n) is 2.09. The van der Waals surface area contributed by atoms with E-state index in [4.69, 9.17) is 17.3 Å². The maximum absolute atomic E-state index is 14.4. The predicted molar refractivity (Wildman–Crippen MR) is 77.1 cm³/mol. The third kappa shape index (κ3) is 4.67. The van der Waals surface area contributed by atoms with E-state index in [0.717, 1.165) is 5.88 Å². The van der Waals surface area contributed by atoms with E-state index in [1.165, 1.54) is 24.3 Å². The van der Waals surface area contributed by atoms with Gasteiger partial charge in [-0.25, -0.2) is 8.78 Å². The molecule has 0 atom stereocenters. The molecule has 1 aliphatic rings. The molecule has 0 spiro atoms. The van der Waals surface area contributed by atoms with Crippen molar-refractivity contribution < 1.29 is 18.4 Å². The molecule has 0 radical (unpaired) electrons. The maximum atomic E-state index is 14.4. The van der Waals surface area contributed by atoms with Crippen LogP contribution in [-0.4, -0.2) is 18.2 Å². The van der Waals surface area contributed by atoms with Crippen molar-refractivity contribution >= 4 is 23.9 Å². The zero-order chi connectivity index (χ0) is 15.9. The highest BCUT2D eigenvalue weighted by Crippen LogP contribution is 2.49. The van der Waals surface area contributed by atoms with Crippen LogP contribution in [0.3, 0.4) is 0 Å². The van der Waals surface area contributed by atoms with Crippen LogP contribution in [-0.2, 0) is 15.3 Å². The van der Waals surface area contributed by atoms with Gasteiger partial charge in [-0.15, -0.1) is 11.6 Å². The SMILES string of the molecule is CCCl.N/C(=N/OC=O)C1CC(F)(c2cccc(F)c2)C1. The third-order valence-corrected chi connectivity index (χ3v) is 3.10. The van der Waals surface area contributed by atoms with Gasteiger partial charge in [-0.1, -0.05) is 24.2 Å². The van der Waals surface area contributed by atoms with Gasteiger partial charge in [0.2, 0.25) is 0 Å². The van der Waals surface area contributed by atoms with Crippen molar-refractivity contribution in [3.05, 3.63) is 35.6 Å². The maximum Gasteiger partial charge on any atom is 0.323 e. The highest BCUT2D eigenvalue weighted by molar-refractivity contribution is 6.17. The molecule has 1 fully saturated rings. The molecular weight excluding hydrogens is 302 g/mol. The van der Waals surface area contributed by atoms with Crippen molar-refractivity contribution in [1.29, 1.82) is 0 Å². The smallest absolute Gasteiger partial charge is 0.323 e. The molecule has 116 valence electrons. The van der Waals surface area contributed by atoms with Gasteiger partial charge >= 0.3 is 6.47 Å². The summed E-state index contributed by atoms with van der Waals surface area (Å²) in [4.78, 5) is 14.1. The first kappa shape index (κ1) is 17.4. The summed E-state index contributed by atoms with van der Waals surface area (Å²) in [5.41, 5.74) is 4.22. The van der Waals surface area contributed by atoms with E-state index in [0.29, 0.717) is 5.56 Å². The second-order valence-corrected chi connectivity index (χ2v) is 5.10. The van der Waals surface area contributed by atoms with Crippen molar-refractivity contribution in [2.45, 2.75) is 25.4 Å². The lowest BCUT2D eigenvalue weighted by Crippen LogP contribution is -2.44. The largest absolute Gasteiger partial charge is 0.384 e. The molecule has 0 aromatic heterocycles. The number of nitrogens with two attached hydrogens (primary N) is 1.